The highest BCUT2D eigenvalue weighted by molar-refractivity contribution is 7.99. The molecule has 1 fully saturated rings. The number of carboxylic acid groups (broad SMARTS) is 1. The average Bonchev–Trinajstić information content (AvgIpc) is 3.17. The minimum Gasteiger partial charge on any atom is -0.478 e. The number of unbranched alkanes of at least 4 members (excludes halogenated alkanes) is 1. The molecule has 1 saturated carbocycles. The number of aromatic nitrogens is 2. The first-order valence-corrected chi connectivity index (χ1v) is 7.47. The predicted octanol–water partition coefficient (Wildman–Crippen LogP) is 3.42. The van der Waals surface area contributed by atoms with Gasteiger partial charge >= 0.3 is 5.97 Å². The molecule has 1 aliphatic rings. The van der Waals surface area contributed by atoms with Crippen molar-refractivity contribution in [1.82, 2.24) is 9.97 Å². The Bertz CT molecular complexity index is 498. The van der Waals surface area contributed by atoms with Crippen LogP contribution < -0.4 is 0 Å². The molecule has 1 aliphatic carbocycles. The van der Waals surface area contributed by atoms with Gasteiger partial charge in [-0.25, -0.2) is 14.8 Å². The summed E-state index contributed by atoms with van der Waals surface area (Å²) in [6.07, 6.45) is 6.03. The number of hydrogen-bond donors (Lipinski definition) is 1. The van der Waals surface area contributed by atoms with E-state index in [9.17, 15) is 9.90 Å². The van der Waals surface area contributed by atoms with Crippen molar-refractivity contribution in [3.05, 3.63) is 29.7 Å². The van der Waals surface area contributed by atoms with Crippen LogP contribution in [0, 0.1) is 6.92 Å². The van der Waals surface area contributed by atoms with E-state index in [4.69, 9.17) is 0 Å². The Morgan fingerprint density at radius 1 is 1.53 bits per heavy atom. The summed E-state index contributed by atoms with van der Waals surface area (Å²) in [4.78, 5) is 20.1. The van der Waals surface area contributed by atoms with E-state index >= 15 is 0 Å². The van der Waals surface area contributed by atoms with Gasteiger partial charge in [-0.3, -0.25) is 0 Å². The quantitative estimate of drug-likeness (QED) is 0.358. The van der Waals surface area contributed by atoms with E-state index in [-0.39, 0.29) is 5.56 Å². The lowest BCUT2D eigenvalue weighted by Crippen LogP contribution is -2.09. The third-order valence-corrected chi connectivity index (χ3v) is 4.08. The van der Waals surface area contributed by atoms with Crippen LogP contribution in [0.4, 0.5) is 0 Å². The second-order valence-corrected chi connectivity index (χ2v) is 5.79. The SMILES string of the molecule is C=CCCCSc1nc(C2CC2)nc(C)c1C(=O)O. The van der Waals surface area contributed by atoms with Gasteiger partial charge in [0.25, 0.3) is 0 Å². The fourth-order valence-corrected chi connectivity index (χ4v) is 2.88. The number of thioether (sulfide) groups is 1. The van der Waals surface area contributed by atoms with Gasteiger partial charge in [-0.1, -0.05) is 6.08 Å². The summed E-state index contributed by atoms with van der Waals surface area (Å²) in [5.74, 6) is 1.17. The van der Waals surface area contributed by atoms with Gasteiger partial charge in [0.05, 0.1) is 5.69 Å². The zero-order valence-corrected chi connectivity index (χ0v) is 11.9. The molecule has 0 aromatic carbocycles. The molecule has 0 radical (unpaired) electrons. The van der Waals surface area contributed by atoms with Crippen LogP contribution in [0.1, 0.15) is 53.5 Å². The predicted molar refractivity (Wildman–Crippen MR) is 75.9 cm³/mol. The minimum absolute atomic E-state index is 0.257. The van der Waals surface area contributed by atoms with E-state index in [1.165, 1.54) is 11.8 Å². The number of aryl methyl sites for hydroxylation is 1. The van der Waals surface area contributed by atoms with Crippen LogP contribution in [0.15, 0.2) is 17.7 Å². The third-order valence-electron chi connectivity index (χ3n) is 3.02. The van der Waals surface area contributed by atoms with E-state index in [1.54, 1.807) is 6.92 Å². The Morgan fingerprint density at radius 3 is 2.84 bits per heavy atom. The van der Waals surface area contributed by atoms with Crippen LogP contribution >= 0.6 is 11.8 Å². The van der Waals surface area contributed by atoms with E-state index in [0.717, 1.165) is 37.3 Å². The van der Waals surface area contributed by atoms with Crippen LogP contribution in [-0.4, -0.2) is 26.8 Å². The fourth-order valence-electron chi connectivity index (χ4n) is 1.84. The number of carbonyl (C=O) groups is 1. The molecule has 19 heavy (non-hydrogen) atoms. The van der Waals surface area contributed by atoms with Crippen LogP contribution in [0.25, 0.3) is 0 Å². The van der Waals surface area contributed by atoms with E-state index in [1.807, 2.05) is 6.08 Å². The molecular formula is C14H18N2O2S. The third kappa shape index (κ3) is 3.56. The molecule has 0 saturated heterocycles. The lowest BCUT2D eigenvalue weighted by atomic mass is 10.2. The monoisotopic (exact) mass is 278 g/mol. The summed E-state index contributed by atoms with van der Waals surface area (Å²) < 4.78 is 0. The number of carboxylic acids is 1. The lowest BCUT2D eigenvalue weighted by Gasteiger charge is -2.09. The van der Waals surface area contributed by atoms with Crippen molar-refractivity contribution in [2.45, 2.75) is 43.6 Å². The van der Waals surface area contributed by atoms with Crippen LogP contribution in [0.3, 0.4) is 0 Å². The molecule has 0 atom stereocenters. The molecule has 102 valence electrons. The average molecular weight is 278 g/mol. The maximum Gasteiger partial charge on any atom is 0.340 e. The highest BCUT2D eigenvalue weighted by Crippen LogP contribution is 2.39. The normalized spacial score (nSPS) is 14.4. The first-order valence-electron chi connectivity index (χ1n) is 6.49. The fraction of sp³-hybridized carbons (Fsp3) is 0.500. The van der Waals surface area contributed by atoms with Crippen LogP contribution in [-0.2, 0) is 0 Å². The Kier molecular flexibility index (Phi) is 4.58. The molecular weight excluding hydrogens is 260 g/mol. The maximum absolute atomic E-state index is 11.3. The number of aromatic carboxylic acids is 1. The first kappa shape index (κ1) is 14.1. The summed E-state index contributed by atoms with van der Waals surface area (Å²) >= 11 is 1.51. The van der Waals surface area contributed by atoms with Crippen molar-refractivity contribution in [2.75, 3.05) is 5.75 Å². The second-order valence-electron chi connectivity index (χ2n) is 4.71. The standard InChI is InChI=1S/C14H18N2O2S/c1-3-4-5-8-19-13-11(14(17)18)9(2)15-12(16-13)10-6-7-10/h3,10H,1,4-8H2,2H3,(H,17,18). The summed E-state index contributed by atoms with van der Waals surface area (Å²) in [7, 11) is 0. The number of hydrogen-bond acceptors (Lipinski definition) is 4. The van der Waals surface area contributed by atoms with Gasteiger partial charge in [0.2, 0.25) is 0 Å². The van der Waals surface area contributed by atoms with Gasteiger partial charge in [-0.15, -0.1) is 18.3 Å². The molecule has 0 aliphatic heterocycles. The highest BCUT2D eigenvalue weighted by atomic mass is 32.2. The molecule has 0 spiro atoms. The van der Waals surface area contributed by atoms with Crippen molar-refractivity contribution in [2.24, 2.45) is 0 Å². The largest absolute Gasteiger partial charge is 0.478 e. The number of allylic oxidation sites excluding steroid dienone is 1. The van der Waals surface area contributed by atoms with E-state index in [2.05, 4.69) is 16.5 Å². The van der Waals surface area contributed by atoms with Crippen molar-refractivity contribution in [1.29, 1.82) is 0 Å². The minimum atomic E-state index is -0.939. The molecule has 1 aromatic heterocycles. The topological polar surface area (TPSA) is 63.1 Å². The Hall–Kier alpha value is -1.36. The van der Waals surface area contributed by atoms with Gasteiger partial charge in [-0.2, -0.15) is 0 Å². The summed E-state index contributed by atoms with van der Waals surface area (Å²) in [5.41, 5.74) is 0.837. The van der Waals surface area contributed by atoms with Crippen molar-refractivity contribution < 1.29 is 9.90 Å². The van der Waals surface area contributed by atoms with E-state index in [0.29, 0.717) is 16.6 Å². The summed E-state index contributed by atoms with van der Waals surface area (Å²) in [6.45, 7) is 5.44. The number of nitrogens with zero attached hydrogens (tertiary/aromatic N) is 2. The summed E-state index contributed by atoms with van der Waals surface area (Å²) in [6, 6.07) is 0. The molecule has 0 amide bonds. The highest BCUT2D eigenvalue weighted by Gasteiger charge is 2.29. The molecule has 4 nitrogen and oxygen atoms in total. The Labute approximate surface area is 117 Å². The van der Waals surface area contributed by atoms with Crippen molar-refractivity contribution in [3.8, 4) is 0 Å². The van der Waals surface area contributed by atoms with Gasteiger partial charge in [0.15, 0.2) is 0 Å². The van der Waals surface area contributed by atoms with Gasteiger partial charge in [0.1, 0.15) is 16.4 Å². The smallest absolute Gasteiger partial charge is 0.340 e. The molecule has 1 aromatic rings. The number of rotatable bonds is 7. The molecule has 1 heterocycles. The molecule has 0 unspecified atom stereocenters. The molecule has 0 bridgehead atoms. The van der Waals surface area contributed by atoms with Gasteiger partial charge < -0.3 is 5.11 Å². The Balaban J connectivity index is 2.20. The van der Waals surface area contributed by atoms with Gasteiger partial charge in [-0.05, 0) is 38.4 Å². The second kappa shape index (κ2) is 6.19. The zero-order chi connectivity index (χ0) is 13.8. The van der Waals surface area contributed by atoms with Crippen LogP contribution in [0.2, 0.25) is 0 Å². The maximum atomic E-state index is 11.3. The van der Waals surface area contributed by atoms with Crippen molar-refractivity contribution in [3.63, 3.8) is 0 Å². The van der Waals surface area contributed by atoms with Gasteiger partial charge in [0, 0.05) is 5.92 Å². The zero-order valence-electron chi connectivity index (χ0n) is 11.1. The van der Waals surface area contributed by atoms with E-state index < -0.39 is 5.97 Å². The van der Waals surface area contributed by atoms with Crippen molar-refractivity contribution >= 4 is 17.7 Å². The first-order chi connectivity index (χ1) is 9.13. The molecule has 2 rings (SSSR count). The Morgan fingerprint density at radius 2 is 2.26 bits per heavy atom. The molecule has 1 N–H and O–H groups in total. The lowest BCUT2D eigenvalue weighted by molar-refractivity contribution is 0.0690. The molecule has 5 heteroatoms. The summed E-state index contributed by atoms with van der Waals surface area (Å²) in [5, 5.41) is 9.90. The van der Waals surface area contributed by atoms with Crippen LogP contribution in [0.5, 0.6) is 0 Å².